The molecule has 0 aliphatic rings. The van der Waals surface area contributed by atoms with Gasteiger partial charge in [-0.3, -0.25) is 0 Å². The molecule has 1 rings (SSSR count). The summed E-state index contributed by atoms with van der Waals surface area (Å²) < 4.78 is 62.2. The SMILES string of the molecule is O=S(=O)(NCCCCC(F)(F)F)c1ccc(Br)cc1. The third-order valence-corrected chi connectivity index (χ3v) is 4.31. The normalized spacial score (nSPS) is 12.6. The van der Waals surface area contributed by atoms with Gasteiger partial charge in [-0.2, -0.15) is 13.2 Å². The molecule has 1 N–H and O–H groups in total. The number of halogens is 4. The van der Waals surface area contributed by atoms with Crippen LogP contribution in [0.2, 0.25) is 0 Å². The van der Waals surface area contributed by atoms with Gasteiger partial charge < -0.3 is 0 Å². The number of rotatable bonds is 6. The lowest BCUT2D eigenvalue weighted by molar-refractivity contribution is -0.135. The van der Waals surface area contributed by atoms with Crippen LogP contribution in [0, 0.1) is 0 Å². The van der Waals surface area contributed by atoms with Crippen molar-refractivity contribution in [2.24, 2.45) is 0 Å². The van der Waals surface area contributed by atoms with Gasteiger partial charge in [0.1, 0.15) is 0 Å². The lowest BCUT2D eigenvalue weighted by Crippen LogP contribution is -2.25. The van der Waals surface area contributed by atoms with E-state index in [0.717, 1.165) is 4.47 Å². The fraction of sp³-hybridized carbons (Fsp3) is 0.455. The Morgan fingerprint density at radius 3 is 2.21 bits per heavy atom. The van der Waals surface area contributed by atoms with E-state index in [4.69, 9.17) is 0 Å². The molecule has 1 aromatic carbocycles. The highest BCUT2D eigenvalue weighted by Gasteiger charge is 2.25. The maximum absolute atomic E-state index is 11.9. The van der Waals surface area contributed by atoms with Crippen molar-refractivity contribution in [1.82, 2.24) is 4.72 Å². The molecule has 0 unspecified atom stereocenters. The van der Waals surface area contributed by atoms with Crippen molar-refractivity contribution in [3.05, 3.63) is 28.7 Å². The molecule has 0 radical (unpaired) electrons. The van der Waals surface area contributed by atoms with E-state index in [1.54, 1.807) is 12.1 Å². The summed E-state index contributed by atoms with van der Waals surface area (Å²) in [4.78, 5) is 0.0894. The second-order valence-electron chi connectivity index (χ2n) is 3.92. The zero-order chi connectivity index (χ0) is 14.5. The van der Waals surface area contributed by atoms with Crippen LogP contribution in [0.3, 0.4) is 0 Å². The van der Waals surface area contributed by atoms with Crippen LogP contribution < -0.4 is 4.72 Å². The Kier molecular flexibility index (Phi) is 5.82. The highest BCUT2D eigenvalue weighted by molar-refractivity contribution is 9.10. The highest BCUT2D eigenvalue weighted by Crippen LogP contribution is 2.22. The molecule has 1 aromatic rings. The van der Waals surface area contributed by atoms with Crippen molar-refractivity contribution in [3.8, 4) is 0 Å². The predicted octanol–water partition coefficient (Wildman–Crippen LogP) is 3.46. The number of alkyl halides is 3. The second-order valence-corrected chi connectivity index (χ2v) is 6.61. The maximum Gasteiger partial charge on any atom is 0.389 e. The van der Waals surface area contributed by atoms with Gasteiger partial charge in [0.15, 0.2) is 0 Å². The Morgan fingerprint density at radius 2 is 1.68 bits per heavy atom. The first kappa shape index (κ1) is 16.5. The van der Waals surface area contributed by atoms with Gasteiger partial charge in [-0.25, -0.2) is 13.1 Å². The van der Waals surface area contributed by atoms with E-state index in [1.807, 2.05) is 0 Å². The van der Waals surface area contributed by atoms with E-state index >= 15 is 0 Å². The van der Waals surface area contributed by atoms with Crippen LogP contribution in [-0.2, 0) is 10.0 Å². The lowest BCUT2D eigenvalue weighted by atomic mass is 10.2. The molecule has 3 nitrogen and oxygen atoms in total. The van der Waals surface area contributed by atoms with Crippen LogP contribution >= 0.6 is 15.9 Å². The van der Waals surface area contributed by atoms with Crippen molar-refractivity contribution in [2.45, 2.75) is 30.3 Å². The number of hydrogen-bond donors (Lipinski definition) is 1. The molecule has 0 bridgehead atoms. The fourth-order valence-electron chi connectivity index (χ4n) is 1.35. The lowest BCUT2D eigenvalue weighted by Gasteiger charge is -2.08. The monoisotopic (exact) mass is 359 g/mol. The van der Waals surface area contributed by atoms with Crippen molar-refractivity contribution in [1.29, 1.82) is 0 Å². The van der Waals surface area contributed by atoms with Gasteiger partial charge >= 0.3 is 6.18 Å². The quantitative estimate of drug-likeness (QED) is 0.790. The van der Waals surface area contributed by atoms with Gasteiger partial charge in [-0.05, 0) is 37.1 Å². The zero-order valence-corrected chi connectivity index (χ0v) is 12.3. The van der Waals surface area contributed by atoms with Crippen LogP contribution in [-0.4, -0.2) is 21.1 Å². The Balaban J connectivity index is 2.42. The molecule has 0 heterocycles. The fourth-order valence-corrected chi connectivity index (χ4v) is 2.69. The van der Waals surface area contributed by atoms with Crippen LogP contribution in [0.5, 0.6) is 0 Å². The third kappa shape index (κ3) is 6.40. The summed E-state index contributed by atoms with van der Waals surface area (Å²) in [5.74, 6) is 0. The first-order valence-corrected chi connectivity index (χ1v) is 7.80. The number of benzene rings is 1. The van der Waals surface area contributed by atoms with Crippen molar-refractivity contribution < 1.29 is 21.6 Å². The minimum Gasteiger partial charge on any atom is -0.211 e. The summed E-state index contributed by atoms with van der Waals surface area (Å²) in [6, 6.07) is 6.00. The molecule has 0 amide bonds. The molecule has 0 saturated heterocycles. The molecular weight excluding hydrogens is 347 g/mol. The summed E-state index contributed by atoms with van der Waals surface area (Å²) in [7, 11) is -3.65. The molecule has 0 aliphatic carbocycles. The maximum atomic E-state index is 11.9. The highest BCUT2D eigenvalue weighted by atomic mass is 79.9. The predicted molar refractivity (Wildman–Crippen MR) is 69.2 cm³/mol. The number of sulfonamides is 1. The second kappa shape index (κ2) is 6.71. The Morgan fingerprint density at radius 1 is 1.11 bits per heavy atom. The van der Waals surface area contributed by atoms with Gasteiger partial charge in [0, 0.05) is 17.4 Å². The van der Waals surface area contributed by atoms with Crippen LogP contribution in [0.25, 0.3) is 0 Å². The van der Waals surface area contributed by atoms with E-state index in [0.29, 0.717) is 0 Å². The number of hydrogen-bond acceptors (Lipinski definition) is 2. The molecule has 108 valence electrons. The van der Waals surface area contributed by atoms with E-state index in [1.165, 1.54) is 12.1 Å². The van der Waals surface area contributed by atoms with E-state index in [9.17, 15) is 21.6 Å². The zero-order valence-electron chi connectivity index (χ0n) is 9.87. The minimum absolute atomic E-state index is 0.00548. The molecule has 19 heavy (non-hydrogen) atoms. The summed E-state index contributed by atoms with van der Waals surface area (Å²) >= 11 is 3.18. The topological polar surface area (TPSA) is 46.2 Å². The van der Waals surface area contributed by atoms with E-state index in [-0.39, 0.29) is 24.3 Å². The molecule has 0 aromatic heterocycles. The largest absolute Gasteiger partial charge is 0.389 e. The molecule has 0 spiro atoms. The van der Waals surface area contributed by atoms with E-state index in [2.05, 4.69) is 20.7 Å². The molecule has 0 atom stereocenters. The smallest absolute Gasteiger partial charge is 0.211 e. The summed E-state index contributed by atoms with van der Waals surface area (Å²) in [5, 5.41) is 0. The third-order valence-electron chi connectivity index (χ3n) is 2.30. The Hall–Kier alpha value is -0.600. The first-order valence-electron chi connectivity index (χ1n) is 5.53. The molecule has 8 heteroatoms. The van der Waals surface area contributed by atoms with Gasteiger partial charge in [0.05, 0.1) is 4.90 Å². The van der Waals surface area contributed by atoms with Gasteiger partial charge in [0.25, 0.3) is 0 Å². The average molecular weight is 360 g/mol. The van der Waals surface area contributed by atoms with Crippen molar-refractivity contribution in [3.63, 3.8) is 0 Å². The van der Waals surface area contributed by atoms with Crippen LogP contribution in [0.4, 0.5) is 13.2 Å². The van der Waals surface area contributed by atoms with Crippen molar-refractivity contribution in [2.75, 3.05) is 6.54 Å². The molecule has 0 fully saturated rings. The summed E-state index contributed by atoms with van der Waals surface area (Å²) in [5.41, 5.74) is 0. The van der Waals surface area contributed by atoms with Crippen LogP contribution in [0.15, 0.2) is 33.6 Å². The number of nitrogens with one attached hydrogen (secondary N) is 1. The van der Waals surface area contributed by atoms with Crippen molar-refractivity contribution >= 4 is 26.0 Å². The number of unbranched alkanes of at least 4 members (excludes halogenated alkanes) is 1. The van der Waals surface area contributed by atoms with Gasteiger partial charge in [-0.1, -0.05) is 15.9 Å². The summed E-state index contributed by atoms with van der Waals surface area (Å²) in [6.07, 6.45) is -5.03. The standard InChI is InChI=1S/C11H13BrF3NO2S/c12-9-3-5-10(6-4-9)19(17,18)16-8-2-1-7-11(13,14)15/h3-6,16H,1-2,7-8H2. The average Bonchev–Trinajstić information content (AvgIpc) is 2.27. The Bertz CT molecular complexity index is 500. The van der Waals surface area contributed by atoms with E-state index < -0.39 is 22.6 Å². The Labute approximate surface area is 118 Å². The summed E-state index contributed by atoms with van der Waals surface area (Å²) in [6.45, 7) is -0.00548. The molecular formula is C11H13BrF3NO2S. The minimum atomic E-state index is -4.19. The van der Waals surface area contributed by atoms with Crippen LogP contribution in [0.1, 0.15) is 19.3 Å². The molecule has 0 saturated carbocycles. The molecule has 0 aliphatic heterocycles. The van der Waals surface area contributed by atoms with Gasteiger partial charge in [-0.15, -0.1) is 0 Å². The first-order chi connectivity index (χ1) is 8.71. The van der Waals surface area contributed by atoms with Gasteiger partial charge in [0.2, 0.25) is 10.0 Å².